The number of halogens is 3. The van der Waals surface area contributed by atoms with Crippen molar-refractivity contribution in [2.45, 2.75) is 2.14 Å². The van der Waals surface area contributed by atoms with E-state index in [-0.39, 0.29) is 0 Å². The number of nitrogens with zero attached hydrogens (tertiary/aromatic N) is 2. The topological polar surface area (TPSA) is 25.8 Å². The zero-order valence-electron chi connectivity index (χ0n) is 4.76. The van der Waals surface area contributed by atoms with Crippen LogP contribution in [0.1, 0.15) is 5.69 Å². The second kappa shape index (κ2) is 3.28. The highest BCUT2D eigenvalue weighted by molar-refractivity contribution is 9.38. The van der Waals surface area contributed by atoms with Crippen LogP contribution >= 0.6 is 47.8 Å². The molecule has 0 saturated heterocycles. The molecule has 1 aromatic heterocycles. The van der Waals surface area contributed by atoms with Crippen molar-refractivity contribution in [1.82, 2.24) is 9.97 Å². The summed E-state index contributed by atoms with van der Waals surface area (Å²) in [7, 11) is 0. The van der Waals surface area contributed by atoms with E-state index >= 15 is 0 Å². The molecule has 0 aliphatic rings. The van der Waals surface area contributed by atoms with Gasteiger partial charge in [0, 0.05) is 12.4 Å². The van der Waals surface area contributed by atoms with Crippen molar-refractivity contribution >= 4 is 47.8 Å². The Bertz CT molecular complexity index is 206. The molecule has 1 heterocycles. The van der Waals surface area contributed by atoms with Gasteiger partial charge in [-0.25, -0.2) is 0 Å². The fourth-order valence-electron chi connectivity index (χ4n) is 0.445. The maximum absolute atomic E-state index is 4.05. The Balaban J connectivity index is 2.97. The molecule has 0 aromatic carbocycles. The lowest BCUT2D eigenvalue weighted by atomic mass is 10.5. The van der Waals surface area contributed by atoms with Crippen molar-refractivity contribution in [3.05, 3.63) is 24.3 Å². The minimum absolute atomic E-state index is 0.443. The van der Waals surface area contributed by atoms with Gasteiger partial charge < -0.3 is 0 Å². The number of aromatic nitrogens is 2. The van der Waals surface area contributed by atoms with Gasteiger partial charge in [-0.15, -0.1) is 0 Å². The third-order valence-corrected chi connectivity index (χ3v) is 2.07. The molecule has 0 unspecified atom stereocenters. The fraction of sp³-hybridized carbons (Fsp3) is 0.200. The summed E-state index contributed by atoms with van der Waals surface area (Å²) in [6.07, 6.45) is 4.92. The lowest BCUT2D eigenvalue weighted by molar-refractivity contribution is 1.08. The highest BCUT2D eigenvalue weighted by Gasteiger charge is 2.21. The summed E-state index contributed by atoms with van der Waals surface area (Å²) >= 11 is 9.95. The Hall–Kier alpha value is 0.520. The Labute approximate surface area is 83.8 Å². The molecule has 0 saturated carbocycles. The van der Waals surface area contributed by atoms with Gasteiger partial charge in [0.2, 0.25) is 0 Å². The van der Waals surface area contributed by atoms with Crippen LogP contribution in [0.15, 0.2) is 18.6 Å². The average Bonchev–Trinajstić information content (AvgIpc) is 1.88. The van der Waals surface area contributed by atoms with Crippen LogP contribution in [0.5, 0.6) is 0 Å². The van der Waals surface area contributed by atoms with Gasteiger partial charge in [-0.1, -0.05) is 47.8 Å². The SMILES string of the molecule is BrC(Br)(Br)c1cnccn1. The summed E-state index contributed by atoms with van der Waals surface area (Å²) in [6.45, 7) is 0. The van der Waals surface area contributed by atoms with Crippen molar-refractivity contribution in [1.29, 1.82) is 0 Å². The Morgan fingerprint density at radius 3 is 2.20 bits per heavy atom. The zero-order valence-corrected chi connectivity index (χ0v) is 9.52. The lowest BCUT2D eigenvalue weighted by Gasteiger charge is -2.08. The first kappa shape index (κ1) is 8.62. The van der Waals surface area contributed by atoms with E-state index in [1.54, 1.807) is 18.6 Å². The molecule has 2 nitrogen and oxygen atoms in total. The van der Waals surface area contributed by atoms with Gasteiger partial charge in [0.25, 0.3) is 0 Å². The first-order chi connectivity index (χ1) is 4.61. The molecule has 5 heteroatoms. The van der Waals surface area contributed by atoms with E-state index in [0.29, 0.717) is 0 Å². The van der Waals surface area contributed by atoms with E-state index in [4.69, 9.17) is 0 Å². The number of hydrogen-bond donors (Lipinski definition) is 0. The van der Waals surface area contributed by atoms with Crippen molar-refractivity contribution in [3.63, 3.8) is 0 Å². The summed E-state index contributed by atoms with van der Waals surface area (Å²) in [5.74, 6) is 0. The Morgan fingerprint density at radius 2 is 1.90 bits per heavy atom. The Morgan fingerprint density at radius 1 is 1.20 bits per heavy atom. The van der Waals surface area contributed by atoms with Gasteiger partial charge in [0.15, 0.2) is 2.14 Å². The molecular formula is C5H3Br3N2. The molecule has 0 radical (unpaired) electrons. The minimum atomic E-state index is -0.443. The average molecular weight is 331 g/mol. The van der Waals surface area contributed by atoms with Crippen LogP contribution in [-0.4, -0.2) is 9.97 Å². The predicted molar refractivity (Wildman–Crippen MR) is 50.5 cm³/mol. The predicted octanol–water partition coefficient (Wildman–Crippen LogP) is 2.77. The van der Waals surface area contributed by atoms with Crippen molar-refractivity contribution in [3.8, 4) is 0 Å². The number of alkyl halides is 3. The zero-order chi connectivity index (χ0) is 7.61. The van der Waals surface area contributed by atoms with Crippen LogP contribution in [0, 0.1) is 0 Å². The molecule has 0 spiro atoms. The third kappa shape index (κ3) is 2.29. The van der Waals surface area contributed by atoms with Crippen LogP contribution in [0.25, 0.3) is 0 Å². The van der Waals surface area contributed by atoms with Crippen LogP contribution in [0.4, 0.5) is 0 Å². The molecule has 0 N–H and O–H groups in total. The molecule has 10 heavy (non-hydrogen) atoms. The van der Waals surface area contributed by atoms with E-state index in [1.807, 2.05) is 0 Å². The third-order valence-electron chi connectivity index (χ3n) is 0.854. The van der Waals surface area contributed by atoms with Gasteiger partial charge >= 0.3 is 0 Å². The molecule has 0 amide bonds. The highest BCUT2D eigenvalue weighted by Crippen LogP contribution is 2.42. The molecule has 0 bridgehead atoms. The summed E-state index contributed by atoms with van der Waals surface area (Å²) in [5.41, 5.74) is 0.787. The molecule has 0 fully saturated rings. The van der Waals surface area contributed by atoms with Crippen molar-refractivity contribution in [2.75, 3.05) is 0 Å². The van der Waals surface area contributed by atoms with E-state index in [1.165, 1.54) is 0 Å². The molecule has 1 rings (SSSR count). The summed E-state index contributed by atoms with van der Waals surface area (Å²) in [4.78, 5) is 7.95. The van der Waals surface area contributed by atoms with E-state index in [0.717, 1.165) is 5.69 Å². The fourth-order valence-corrected chi connectivity index (χ4v) is 1.06. The molecule has 0 atom stereocenters. The van der Waals surface area contributed by atoms with Crippen molar-refractivity contribution < 1.29 is 0 Å². The maximum atomic E-state index is 4.05. The van der Waals surface area contributed by atoms with Crippen LogP contribution in [-0.2, 0) is 2.14 Å². The van der Waals surface area contributed by atoms with E-state index in [2.05, 4.69) is 57.8 Å². The normalized spacial score (nSPS) is 11.5. The first-order valence-electron chi connectivity index (χ1n) is 2.44. The van der Waals surface area contributed by atoms with E-state index < -0.39 is 2.14 Å². The molecule has 0 aliphatic heterocycles. The van der Waals surface area contributed by atoms with E-state index in [9.17, 15) is 0 Å². The minimum Gasteiger partial charge on any atom is -0.261 e. The lowest BCUT2D eigenvalue weighted by Crippen LogP contribution is -2.00. The largest absolute Gasteiger partial charge is 0.261 e. The molecular weight excluding hydrogens is 328 g/mol. The summed E-state index contributed by atoms with van der Waals surface area (Å²) < 4.78 is -0.443. The van der Waals surface area contributed by atoms with Gasteiger partial charge in [-0.3, -0.25) is 9.97 Å². The summed E-state index contributed by atoms with van der Waals surface area (Å²) in [6, 6.07) is 0. The second-order valence-corrected chi connectivity index (χ2v) is 8.35. The summed E-state index contributed by atoms with van der Waals surface area (Å²) in [5, 5.41) is 0. The molecule has 1 aromatic rings. The monoisotopic (exact) mass is 328 g/mol. The quantitative estimate of drug-likeness (QED) is 0.684. The Kier molecular flexibility index (Phi) is 2.82. The van der Waals surface area contributed by atoms with Crippen LogP contribution < -0.4 is 0 Å². The van der Waals surface area contributed by atoms with Crippen LogP contribution in [0.3, 0.4) is 0 Å². The second-order valence-electron chi connectivity index (χ2n) is 1.59. The smallest absolute Gasteiger partial charge is 0.178 e. The highest BCUT2D eigenvalue weighted by atomic mass is 80.0. The number of hydrogen-bond acceptors (Lipinski definition) is 2. The first-order valence-corrected chi connectivity index (χ1v) is 4.82. The molecule has 0 aliphatic carbocycles. The number of rotatable bonds is 0. The van der Waals surface area contributed by atoms with Crippen LogP contribution in [0.2, 0.25) is 0 Å². The van der Waals surface area contributed by atoms with Gasteiger partial charge in [0.1, 0.15) is 0 Å². The molecule has 54 valence electrons. The van der Waals surface area contributed by atoms with Crippen molar-refractivity contribution in [2.24, 2.45) is 0 Å². The standard InChI is InChI=1S/C5H3Br3N2/c6-5(7,8)4-3-9-1-2-10-4/h1-3H. The van der Waals surface area contributed by atoms with Gasteiger partial charge in [0.05, 0.1) is 11.9 Å². The maximum Gasteiger partial charge on any atom is 0.178 e. The van der Waals surface area contributed by atoms with Gasteiger partial charge in [-0.2, -0.15) is 0 Å². The van der Waals surface area contributed by atoms with Gasteiger partial charge in [-0.05, 0) is 0 Å².